The van der Waals surface area contributed by atoms with E-state index in [4.69, 9.17) is 4.42 Å². The minimum absolute atomic E-state index is 0.515. The van der Waals surface area contributed by atoms with Crippen molar-refractivity contribution < 1.29 is 9.52 Å². The second kappa shape index (κ2) is 6.33. The number of nitrogens with zero attached hydrogens (tertiary/aromatic N) is 1. The third kappa shape index (κ3) is 5.52. The van der Waals surface area contributed by atoms with E-state index in [1.165, 1.54) is 0 Å². The molecule has 0 aromatic carbocycles. The molecule has 1 heterocycles. The molecule has 0 aliphatic rings. The molecule has 2 N–H and O–H groups in total. The first kappa shape index (κ1) is 15.2. The van der Waals surface area contributed by atoms with Crippen LogP contribution in [0.25, 0.3) is 0 Å². The average Bonchev–Trinajstić information content (AvgIpc) is 2.43. The van der Waals surface area contributed by atoms with Crippen molar-refractivity contribution in [2.24, 2.45) is 0 Å². The highest BCUT2D eigenvalue weighted by atomic mass is 79.9. The second-order valence-electron chi connectivity index (χ2n) is 4.67. The quantitative estimate of drug-likeness (QED) is 0.807. The van der Waals surface area contributed by atoms with E-state index in [-0.39, 0.29) is 0 Å². The molecule has 1 aromatic heterocycles. The van der Waals surface area contributed by atoms with Crippen LogP contribution in [0.1, 0.15) is 12.7 Å². The summed E-state index contributed by atoms with van der Waals surface area (Å²) in [7, 11) is 3.88. The van der Waals surface area contributed by atoms with Gasteiger partial charge < -0.3 is 19.7 Å². The topological polar surface area (TPSA) is 48.6 Å². The first-order valence-electron chi connectivity index (χ1n) is 5.32. The molecule has 0 spiro atoms. The van der Waals surface area contributed by atoms with Gasteiger partial charge in [0, 0.05) is 13.1 Å². The van der Waals surface area contributed by atoms with Gasteiger partial charge in [-0.15, -0.1) is 0 Å². The molecule has 0 radical (unpaired) electrons. The SMILES string of the molecule is CN(C)CC(C)(O)CNCc1cc(Br)c(Br)o1. The third-order valence-corrected chi connectivity index (χ3v) is 3.87. The van der Waals surface area contributed by atoms with Gasteiger partial charge in [0.15, 0.2) is 4.67 Å². The van der Waals surface area contributed by atoms with Gasteiger partial charge in [-0.1, -0.05) is 0 Å². The van der Waals surface area contributed by atoms with E-state index in [0.29, 0.717) is 24.3 Å². The standard InChI is InChI=1S/C11H18Br2N2O2/c1-11(16,7-15(2)3)6-14-5-8-4-9(12)10(13)17-8/h4,14,16H,5-7H2,1-3H3. The zero-order valence-electron chi connectivity index (χ0n) is 10.3. The molecule has 0 fully saturated rings. The van der Waals surface area contributed by atoms with Crippen LogP contribution in [-0.4, -0.2) is 42.8 Å². The molecule has 98 valence electrons. The van der Waals surface area contributed by atoms with Gasteiger partial charge in [0.05, 0.1) is 16.6 Å². The zero-order chi connectivity index (χ0) is 13.1. The lowest BCUT2D eigenvalue weighted by Crippen LogP contribution is -2.45. The van der Waals surface area contributed by atoms with Crippen molar-refractivity contribution in [3.05, 3.63) is 21.0 Å². The van der Waals surface area contributed by atoms with Crippen LogP contribution in [0, 0.1) is 0 Å². The summed E-state index contributed by atoms with van der Waals surface area (Å²) in [4.78, 5) is 1.96. The molecule has 1 unspecified atom stereocenters. The van der Waals surface area contributed by atoms with Gasteiger partial charge in [-0.25, -0.2) is 0 Å². The average molecular weight is 370 g/mol. The Labute approximate surface area is 119 Å². The summed E-state index contributed by atoms with van der Waals surface area (Å²) in [5.41, 5.74) is -0.745. The van der Waals surface area contributed by atoms with Gasteiger partial charge in [-0.05, 0) is 58.9 Å². The van der Waals surface area contributed by atoms with Crippen LogP contribution in [0.5, 0.6) is 0 Å². The monoisotopic (exact) mass is 368 g/mol. The van der Waals surface area contributed by atoms with Gasteiger partial charge >= 0.3 is 0 Å². The largest absolute Gasteiger partial charge is 0.452 e. The maximum absolute atomic E-state index is 10.1. The number of rotatable bonds is 6. The molecule has 6 heteroatoms. The van der Waals surface area contributed by atoms with Gasteiger partial charge in [0.25, 0.3) is 0 Å². The normalized spacial score (nSPS) is 15.2. The number of nitrogens with one attached hydrogen (secondary N) is 1. The van der Waals surface area contributed by atoms with Crippen molar-refractivity contribution in [1.29, 1.82) is 0 Å². The maximum atomic E-state index is 10.1. The smallest absolute Gasteiger partial charge is 0.183 e. The minimum Gasteiger partial charge on any atom is -0.452 e. The molecule has 0 bridgehead atoms. The molecule has 1 atom stereocenters. The van der Waals surface area contributed by atoms with E-state index < -0.39 is 5.60 Å². The summed E-state index contributed by atoms with van der Waals surface area (Å²) in [6.07, 6.45) is 0. The van der Waals surface area contributed by atoms with Crippen molar-refractivity contribution in [2.75, 3.05) is 27.2 Å². The molecule has 4 nitrogen and oxygen atoms in total. The number of halogens is 2. The molecule has 1 rings (SSSR count). The first-order valence-corrected chi connectivity index (χ1v) is 6.90. The van der Waals surface area contributed by atoms with Crippen LogP contribution in [0.4, 0.5) is 0 Å². The number of hydrogen-bond donors (Lipinski definition) is 2. The second-order valence-corrected chi connectivity index (χ2v) is 6.25. The van der Waals surface area contributed by atoms with Gasteiger partial charge in [-0.3, -0.25) is 0 Å². The van der Waals surface area contributed by atoms with Crippen LogP contribution in [-0.2, 0) is 6.54 Å². The fraction of sp³-hybridized carbons (Fsp3) is 0.636. The van der Waals surface area contributed by atoms with Crippen molar-refractivity contribution in [2.45, 2.75) is 19.1 Å². The Balaban J connectivity index is 2.37. The zero-order valence-corrected chi connectivity index (χ0v) is 13.4. The molecule has 0 amide bonds. The fourth-order valence-corrected chi connectivity index (χ4v) is 2.33. The number of likely N-dealkylation sites (N-methyl/N-ethyl adjacent to an activating group) is 1. The first-order chi connectivity index (χ1) is 7.80. The highest BCUT2D eigenvalue weighted by Crippen LogP contribution is 2.26. The third-order valence-electron chi connectivity index (χ3n) is 2.16. The molecule has 1 aromatic rings. The lowest BCUT2D eigenvalue weighted by atomic mass is 10.1. The molecule has 0 saturated carbocycles. The molecular formula is C11H18Br2N2O2. The van der Waals surface area contributed by atoms with E-state index in [1.807, 2.05) is 32.0 Å². The summed E-state index contributed by atoms with van der Waals surface area (Å²) in [5.74, 6) is 0.824. The Morgan fingerprint density at radius 1 is 1.47 bits per heavy atom. The van der Waals surface area contributed by atoms with Crippen LogP contribution >= 0.6 is 31.9 Å². The van der Waals surface area contributed by atoms with Crippen LogP contribution in [0.2, 0.25) is 0 Å². The molecule has 17 heavy (non-hydrogen) atoms. The number of aliphatic hydroxyl groups is 1. The Bertz CT molecular complexity index is 345. The highest BCUT2D eigenvalue weighted by Gasteiger charge is 2.20. The Morgan fingerprint density at radius 2 is 2.12 bits per heavy atom. The lowest BCUT2D eigenvalue weighted by molar-refractivity contribution is 0.0332. The minimum atomic E-state index is -0.745. The van der Waals surface area contributed by atoms with E-state index in [9.17, 15) is 5.11 Å². The van der Waals surface area contributed by atoms with E-state index in [1.54, 1.807) is 0 Å². The van der Waals surface area contributed by atoms with Gasteiger partial charge in [0.2, 0.25) is 0 Å². The molecule has 0 saturated heterocycles. The predicted octanol–water partition coefficient (Wildman–Crippen LogP) is 2.21. The van der Waals surface area contributed by atoms with Crippen molar-refractivity contribution >= 4 is 31.9 Å². The highest BCUT2D eigenvalue weighted by molar-refractivity contribution is 9.13. The van der Waals surface area contributed by atoms with Gasteiger partial charge in [0.1, 0.15) is 5.76 Å². The Kier molecular flexibility index (Phi) is 5.66. The van der Waals surface area contributed by atoms with E-state index in [2.05, 4.69) is 37.2 Å². The Hall–Kier alpha value is 0.120. The van der Waals surface area contributed by atoms with Crippen molar-refractivity contribution in [1.82, 2.24) is 10.2 Å². The molecule has 0 aliphatic heterocycles. The molecule has 0 aliphatic carbocycles. The van der Waals surface area contributed by atoms with Crippen molar-refractivity contribution in [3.63, 3.8) is 0 Å². The van der Waals surface area contributed by atoms with Crippen LogP contribution in [0.15, 0.2) is 19.6 Å². The number of hydrogen-bond acceptors (Lipinski definition) is 4. The van der Waals surface area contributed by atoms with Crippen LogP contribution in [0.3, 0.4) is 0 Å². The fourth-order valence-electron chi connectivity index (χ4n) is 1.67. The predicted molar refractivity (Wildman–Crippen MR) is 75.0 cm³/mol. The van der Waals surface area contributed by atoms with Crippen molar-refractivity contribution in [3.8, 4) is 0 Å². The van der Waals surface area contributed by atoms with E-state index in [0.717, 1.165) is 10.2 Å². The van der Waals surface area contributed by atoms with Gasteiger partial charge in [-0.2, -0.15) is 0 Å². The maximum Gasteiger partial charge on any atom is 0.183 e. The Morgan fingerprint density at radius 3 is 2.59 bits per heavy atom. The summed E-state index contributed by atoms with van der Waals surface area (Å²) in [6.45, 7) is 3.54. The number of furan rings is 1. The summed E-state index contributed by atoms with van der Waals surface area (Å²) in [6, 6.07) is 1.90. The van der Waals surface area contributed by atoms with Crippen LogP contribution < -0.4 is 5.32 Å². The summed E-state index contributed by atoms with van der Waals surface area (Å²) >= 11 is 6.64. The lowest BCUT2D eigenvalue weighted by Gasteiger charge is -2.27. The van der Waals surface area contributed by atoms with E-state index >= 15 is 0 Å². The summed E-state index contributed by atoms with van der Waals surface area (Å²) in [5, 5.41) is 13.2. The molecular weight excluding hydrogens is 352 g/mol. The summed E-state index contributed by atoms with van der Waals surface area (Å²) < 4.78 is 7.01.